The molecular formula is C20H37NO4S. The van der Waals surface area contributed by atoms with Crippen molar-refractivity contribution in [3.8, 4) is 0 Å². The molecule has 0 aromatic carbocycles. The Bertz CT molecular complexity index is 615. The molecule has 1 saturated heterocycles. The highest BCUT2D eigenvalue weighted by Crippen LogP contribution is 2.65. The summed E-state index contributed by atoms with van der Waals surface area (Å²) in [7, 11) is -3.61. The van der Waals surface area contributed by atoms with Gasteiger partial charge < -0.3 is 5.11 Å². The molecule has 2 rings (SSSR count). The van der Waals surface area contributed by atoms with Gasteiger partial charge in [-0.15, -0.1) is 0 Å². The van der Waals surface area contributed by atoms with E-state index in [2.05, 4.69) is 27.7 Å². The molecule has 1 heterocycles. The van der Waals surface area contributed by atoms with Crippen molar-refractivity contribution in [3.63, 3.8) is 0 Å². The molecule has 1 aliphatic carbocycles. The molecule has 0 radical (unpaired) electrons. The molecule has 2 fully saturated rings. The first kappa shape index (κ1) is 21.7. The minimum atomic E-state index is -3.61. The summed E-state index contributed by atoms with van der Waals surface area (Å²) in [5.74, 6) is -1.02. The van der Waals surface area contributed by atoms with Crippen LogP contribution in [0.5, 0.6) is 0 Å². The molecule has 0 aromatic heterocycles. The van der Waals surface area contributed by atoms with E-state index in [4.69, 9.17) is 0 Å². The van der Waals surface area contributed by atoms with Gasteiger partial charge in [0.25, 0.3) is 0 Å². The summed E-state index contributed by atoms with van der Waals surface area (Å²) in [6.07, 6.45) is 6.37. The van der Waals surface area contributed by atoms with Crippen LogP contribution in [0.15, 0.2) is 0 Å². The van der Waals surface area contributed by atoms with Crippen LogP contribution < -0.4 is 0 Å². The molecule has 4 atom stereocenters. The minimum Gasteiger partial charge on any atom is -0.392 e. The Morgan fingerprint density at radius 3 is 2.38 bits per heavy atom. The Morgan fingerprint density at radius 2 is 1.85 bits per heavy atom. The number of aliphatic hydroxyl groups excluding tert-OH is 1. The second-order valence-corrected chi connectivity index (χ2v) is 11.0. The van der Waals surface area contributed by atoms with Crippen LogP contribution in [0.3, 0.4) is 0 Å². The molecule has 0 spiro atoms. The Balaban J connectivity index is 2.13. The van der Waals surface area contributed by atoms with Gasteiger partial charge in [0.1, 0.15) is 0 Å². The van der Waals surface area contributed by atoms with Crippen LogP contribution in [0.4, 0.5) is 0 Å². The zero-order chi connectivity index (χ0) is 19.8. The van der Waals surface area contributed by atoms with E-state index in [9.17, 15) is 18.3 Å². The topological polar surface area (TPSA) is 74.7 Å². The van der Waals surface area contributed by atoms with Crippen LogP contribution in [0, 0.1) is 16.7 Å². The number of aliphatic hydroxyl groups is 1. The Hall–Kier alpha value is -0.620. The fourth-order valence-corrected chi connectivity index (χ4v) is 7.72. The van der Waals surface area contributed by atoms with E-state index in [0.717, 1.165) is 49.3 Å². The Labute approximate surface area is 159 Å². The molecule has 152 valence electrons. The zero-order valence-electron chi connectivity index (χ0n) is 17.1. The van der Waals surface area contributed by atoms with Crippen LogP contribution in [-0.4, -0.2) is 41.6 Å². The van der Waals surface area contributed by atoms with Crippen molar-refractivity contribution in [1.82, 2.24) is 4.31 Å². The lowest BCUT2D eigenvalue weighted by Gasteiger charge is -2.59. The smallest absolute Gasteiger partial charge is 0.241 e. The van der Waals surface area contributed by atoms with Gasteiger partial charge in [-0.3, -0.25) is 4.79 Å². The molecule has 0 unspecified atom stereocenters. The van der Waals surface area contributed by atoms with E-state index in [1.165, 1.54) is 0 Å². The molecule has 1 amide bonds. The van der Waals surface area contributed by atoms with Gasteiger partial charge >= 0.3 is 0 Å². The van der Waals surface area contributed by atoms with Gasteiger partial charge in [-0.2, -0.15) is 0 Å². The average Bonchev–Trinajstić information content (AvgIpc) is 2.75. The lowest BCUT2D eigenvalue weighted by atomic mass is 9.47. The van der Waals surface area contributed by atoms with E-state index in [1.807, 2.05) is 0 Å². The summed E-state index contributed by atoms with van der Waals surface area (Å²) in [5, 5.41) is 10.4. The van der Waals surface area contributed by atoms with Crippen molar-refractivity contribution in [2.24, 2.45) is 16.7 Å². The van der Waals surface area contributed by atoms with Crippen molar-refractivity contribution in [2.45, 2.75) is 98.1 Å². The van der Waals surface area contributed by atoms with Crippen LogP contribution in [-0.2, 0) is 14.8 Å². The maximum absolute atomic E-state index is 13.0. The fourth-order valence-electron chi connectivity index (χ4n) is 5.10. The van der Waals surface area contributed by atoms with Crippen molar-refractivity contribution in [3.05, 3.63) is 0 Å². The maximum atomic E-state index is 13.0. The SMILES string of the molecule is CCCCCC[C@@H](O)[C@@H](C)C(=O)N1[C@H]2CC(C)(C)[C@@]2(CCC)CS1(=O)=O. The number of hydrogen-bond donors (Lipinski definition) is 1. The highest BCUT2D eigenvalue weighted by atomic mass is 32.2. The third kappa shape index (κ3) is 3.56. The molecule has 0 bridgehead atoms. The third-order valence-corrected chi connectivity index (χ3v) is 8.86. The normalized spacial score (nSPS) is 31.2. The number of carbonyl (C=O) groups excluding carboxylic acids is 1. The summed E-state index contributed by atoms with van der Waals surface area (Å²) in [5.41, 5.74) is -0.403. The van der Waals surface area contributed by atoms with Crippen LogP contribution in [0.1, 0.15) is 86.0 Å². The van der Waals surface area contributed by atoms with E-state index in [-0.39, 0.29) is 22.6 Å². The van der Waals surface area contributed by atoms with Gasteiger partial charge in [-0.05, 0) is 24.7 Å². The van der Waals surface area contributed by atoms with Gasteiger partial charge in [0.05, 0.1) is 23.8 Å². The maximum Gasteiger partial charge on any atom is 0.241 e. The number of nitrogens with zero attached hydrogens (tertiary/aromatic N) is 1. The molecule has 1 saturated carbocycles. The first-order chi connectivity index (χ1) is 12.0. The fraction of sp³-hybridized carbons (Fsp3) is 0.950. The Morgan fingerprint density at radius 1 is 1.19 bits per heavy atom. The molecule has 6 heteroatoms. The number of rotatable bonds is 9. The molecule has 0 aromatic rings. The molecular weight excluding hydrogens is 350 g/mol. The van der Waals surface area contributed by atoms with Gasteiger partial charge in [-0.25, -0.2) is 12.7 Å². The predicted molar refractivity (Wildman–Crippen MR) is 104 cm³/mol. The van der Waals surface area contributed by atoms with Crippen molar-refractivity contribution < 1.29 is 18.3 Å². The molecule has 26 heavy (non-hydrogen) atoms. The predicted octanol–water partition coefficient (Wildman–Crippen LogP) is 3.71. The quantitative estimate of drug-likeness (QED) is 0.612. The summed E-state index contributed by atoms with van der Waals surface area (Å²) in [6, 6.07) is -0.232. The second-order valence-electron chi connectivity index (χ2n) is 9.11. The lowest BCUT2D eigenvalue weighted by Crippen LogP contribution is -2.62. The first-order valence-corrected chi connectivity index (χ1v) is 11.9. The van der Waals surface area contributed by atoms with Crippen molar-refractivity contribution in [1.29, 1.82) is 0 Å². The molecule has 1 aliphatic heterocycles. The first-order valence-electron chi connectivity index (χ1n) is 10.3. The van der Waals surface area contributed by atoms with Crippen LogP contribution in [0.25, 0.3) is 0 Å². The number of amides is 1. The van der Waals surface area contributed by atoms with Gasteiger partial charge in [0.15, 0.2) is 0 Å². The highest BCUT2D eigenvalue weighted by Gasteiger charge is 2.70. The number of fused-ring (bicyclic) bond motifs is 1. The monoisotopic (exact) mass is 387 g/mol. The highest BCUT2D eigenvalue weighted by molar-refractivity contribution is 7.90. The van der Waals surface area contributed by atoms with Crippen molar-refractivity contribution >= 4 is 15.9 Å². The van der Waals surface area contributed by atoms with Crippen LogP contribution >= 0.6 is 0 Å². The second kappa shape index (κ2) is 7.78. The third-order valence-electron chi connectivity index (χ3n) is 6.95. The number of sulfonamides is 1. The summed E-state index contributed by atoms with van der Waals surface area (Å²) < 4.78 is 26.9. The van der Waals surface area contributed by atoms with Gasteiger partial charge in [0, 0.05) is 5.41 Å². The largest absolute Gasteiger partial charge is 0.392 e. The van der Waals surface area contributed by atoms with Gasteiger partial charge in [0.2, 0.25) is 15.9 Å². The number of hydrogen-bond acceptors (Lipinski definition) is 4. The van der Waals surface area contributed by atoms with E-state index in [0.29, 0.717) is 6.42 Å². The zero-order valence-corrected chi connectivity index (χ0v) is 17.9. The average molecular weight is 388 g/mol. The summed E-state index contributed by atoms with van der Waals surface area (Å²) in [6.45, 7) is 10.1. The molecule has 2 aliphatic rings. The standard InChI is InChI=1S/C20H37NO4S/c1-6-8-9-10-11-16(22)15(3)18(23)21-17-13-19(4,5)20(17,12-7-2)14-26(21,24)25/h15-17,22H,6-14H2,1-5H3/t15-,16-,17+,20+/m1/s1. The molecule has 1 N–H and O–H groups in total. The summed E-state index contributed by atoms with van der Waals surface area (Å²) >= 11 is 0. The Kier molecular flexibility index (Phi) is 6.49. The number of unbranched alkanes of at least 4 members (excludes halogenated alkanes) is 3. The van der Waals surface area contributed by atoms with Crippen molar-refractivity contribution in [2.75, 3.05) is 5.75 Å². The lowest BCUT2D eigenvalue weighted by molar-refractivity contribution is -0.148. The van der Waals surface area contributed by atoms with Crippen LogP contribution in [0.2, 0.25) is 0 Å². The van der Waals surface area contributed by atoms with E-state index in [1.54, 1.807) is 6.92 Å². The summed E-state index contributed by atoms with van der Waals surface area (Å²) in [4.78, 5) is 13.0. The minimum absolute atomic E-state index is 0.0660. The van der Waals surface area contributed by atoms with Gasteiger partial charge in [-0.1, -0.05) is 66.7 Å². The van der Waals surface area contributed by atoms with E-state index < -0.39 is 28.0 Å². The number of carbonyl (C=O) groups is 1. The van der Waals surface area contributed by atoms with E-state index >= 15 is 0 Å². The molecule has 5 nitrogen and oxygen atoms in total.